The van der Waals surface area contributed by atoms with Crippen LogP contribution in [0.2, 0.25) is 0 Å². The molecular weight excluding hydrogens is 362 g/mol. The number of hydrogen-bond acceptors (Lipinski definition) is 2. The Balaban J connectivity index is 1.58. The van der Waals surface area contributed by atoms with E-state index in [0.717, 1.165) is 28.3 Å². The number of para-hydroxylation sites is 1. The number of carbonyl (C=O) groups excluding carboxylic acids is 1. The predicted octanol–water partition coefficient (Wildman–Crippen LogP) is 4.89. The quantitative estimate of drug-likeness (QED) is 0.548. The summed E-state index contributed by atoms with van der Waals surface area (Å²) < 4.78 is 7.56. The minimum atomic E-state index is -0.199. The molecule has 0 aliphatic carbocycles. The van der Waals surface area contributed by atoms with Crippen molar-refractivity contribution in [3.05, 3.63) is 114 Å². The van der Waals surface area contributed by atoms with Crippen LogP contribution in [-0.4, -0.2) is 15.5 Å². The van der Waals surface area contributed by atoms with Gasteiger partial charge in [0.05, 0.1) is 31.1 Å². The van der Waals surface area contributed by atoms with Crippen LogP contribution in [0.25, 0.3) is 5.69 Å². The molecule has 5 heteroatoms. The molecule has 5 rings (SSSR count). The molecule has 0 bridgehead atoms. The van der Waals surface area contributed by atoms with Gasteiger partial charge in [-0.1, -0.05) is 48.5 Å². The molecule has 5 nitrogen and oxygen atoms in total. The number of urea groups is 1. The van der Waals surface area contributed by atoms with E-state index in [1.807, 2.05) is 53.4 Å². The second kappa shape index (κ2) is 7.36. The summed E-state index contributed by atoms with van der Waals surface area (Å²) in [5.41, 5.74) is 4.36. The van der Waals surface area contributed by atoms with Gasteiger partial charge in [-0.15, -0.1) is 0 Å². The lowest BCUT2D eigenvalue weighted by atomic mass is 10.0. The number of fused-ring (bicyclic) bond motifs is 3. The Hall–Kier alpha value is -3.73. The van der Waals surface area contributed by atoms with Crippen LogP contribution in [0.4, 0.5) is 4.79 Å². The van der Waals surface area contributed by atoms with Crippen LogP contribution >= 0.6 is 0 Å². The van der Waals surface area contributed by atoms with Crippen LogP contribution < -0.4 is 5.32 Å². The highest BCUT2D eigenvalue weighted by Gasteiger charge is 2.32. The van der Waals surface area contributed by atoms with Crippen LogP contribution in [0.1, 0.15) is 28.6 Å². The highest BCUT2D eigenvalue weighted by atomic mass is 16.3. The van der Waals surface area contributed by atoms with Gasteiger partial charge >= 0.3 is 6.03 Å². The molecule has 2 aromatic carbocycles. The molecule has 0 radical (unpaired) electrons. The first kappa shape index (κ1) is 17.4. The zero-order valence-corrected chi connectivity index (χ0v) is 15.9. The van der Waals surface area contributed by atoms with Gasteiger partial charge in [-0.25, -0.2) is 4.79 Å². The number of nitrogens with zero attached hydrogens (tertiary/aromatic N) is 2. The third-order valence-corrected chi connectivity index (χ3v) is 5.33. The number of benzene rings is 2. The summed E-state index contributed by atoms with van der Waals surface area (Å²) in [6, 6.07) is 25.9. The molecule has 2 amide bonds. The van der Waals surface area contributed by atoms with Crippen molar-refractivity contribution in [1.82, 2.24) is 14.8 Å². The zero-order valence-electron chi connectivity index (χ0n) is 15.9. The molecule has 144 valence electrons. The predicted molar refractivity (Wildman–Crippen MR) is 111 cm³/mol. The Bertz CT molecular complexity index is 1120. The van der Waals surface area contributed by atoms with Crippen molar-refractivity contribution in [3.63, 3.8) is 0 Å². The molecular formula is C24H21N3O2. The summed E-state index contributed by atoms with van der Waals surface area (Å²) >= 11 is 0. The molecule has 4 aromatic rings. The van der Waals surface area contributed by atoms with Gasteiger partial charge in [0.15, 0.2) is 0 Å². The fourth-order valence-electron chi connectivity index (χ4n) is 4.00. The second-order valence-corrected chi connectivity index (χ2v) is 7.11. The first-order valence-electron chi connectivity index (χ1n) is 9.68. The number of amides is 2. The van der Waals surface area contributed by atoms with Crippen LogP contribution in [0, 0.1) is 0 Å². The molecule has 0 spiro atoms. The molecule has 1 N–H and O–H groups in total. The van der Waals surface area contributed by atoms with Crippen molar-refractivity contribution in [2.45, 2.75) is 19.1 Å². The van der Waals surface area contributed by atoms with Crippen LogP contribution in [0.3, 0.4) is 0 Å². The van der Waals surface area contributed by atoms with Gasteiger partial charge in [0.1, 0.15) is 5.76 Å². The van der Waals surface area contributed by atoms with E-state index in [1.54, 1.807) is 6.26 Å². The molecule has 0 saturated carbocycles. The SMILES string of the molecule is O=C(NCc1ccco1)N1Cc2ccccc2-n2cccc2[C@H]1c1ccccc1. The van der Waals surface area contributed by atoms with Crippen molar-refractivity contribution < 1.29 is 9.21 Å². The summed E-state index contributed by atoms with van der Waals surface area (Å²) in [5.74, 6) is 0.730. The van der Waals surface area contributed by atoms with E-state index in [1.165, 1.54) is 0 Å². The van der Waals surface area contributed by atoms with Gasteiger partial charge in [-0.2, -0.15) is 0 Å². The smallest absolute Gasteiger partial charge is 0.318 e. The Kier molecular flexibility index (Phi) is 4.41. The number of carbonyl (C=O) groups is 1. The lowest BCUT2D eigenvalue weighted by Gasteiger charge is -2.31. The Morgan fingerprint density at radius 2 is 1.79 bits per heavy atom. The standard InChI is InChI=1S/C24H21N3O2/c28-24(25-16-20-11-7-15-29-20)27-17-19-10-4-5-12-21(19)26-14-6-13-22(26)23(27)18-8-2-1-3-9-18/h1-15,23H,16-17H2,(H,25,28)/t23-/m1/s1. The lowest BCUT2D eigenvalue weighted by Crippen LogP contribution is -2.41. The average Bonchev–Trinajstić information content (AvgIpc) is 3.43. The summed E-state index contributed by atoms with van der Waals surface area (Å²) in [4.78, 5) is 15.2. The summed E-state index contributed by atoms with van der Waals surface area (Å²) in [6.45, 7) is 0.869. The number of nitrogens with one attached hydrogen (secondary N) is 1. The van der Waals surface area contributed by atoms with E-state index in [9.17, 15) is 4.79 Å². The lowest BCUT2D eigenvalue weighted by molar-refractivity contribution is 0.179. The second-order valence-electron chi connectivity index (χ2n) is 7.11. The molecule has 1 aliphatic heterocycles. The van der Waals surface area contributed by atoms with E-state index in [2.05, 4.69) is 46.4 Å². The van der Waals surface area contributed by atoms with Crippen molar-refractivity contribution in [2.24, 2.45) is 0 Å². The zero-order chi connectivity index (χ0) is 19.6. The molecule has 29 heavy (non-hydrogen) atoms. The van der Waals surface area contributed by atoms with Gasteiger partial charge < -0.3 is 19.2 Å². The number of furan rings is 1. The first-order chi connectivity index (χ1) is 14.3. The molecule has 0 unspecified atom stereocenters. The summed E-state index contributed by atoms with van der Waals surface area (Å²) in [6.07, 6.45) is 3.68. The molecule has 0 saturated heterocycles. The molecule has 1 aliphatic rings. The van der Waals surface area contributed by atoms with Crippen molar-refractivity contribution in [3.8, 4) is 5.69 Å². The van der Waals surface area contributed by atoms with Gasteiger partial charge in [-0.05, 0) is 41.5 Å². The van der Waals surface area contributed by atoms with E-state index >= 15 is 0 Å². The Morgan fingerprint density at radius 1 is 0.966 bits per heavy atom. The average molecular weight is 383 g/mol. The maximum absolute atomic E-state index is 13.3. The number of hydrogen-bond donors (Lipinski definition) is 1. The minimum absolute atomic E-state index is 0.125. The third kappa shape index (κ3) is 3.21. The van der Waals surface area contributed by atoms with Crippen molar-refractivity contribution >= 4 is 6.03 Å². The third-order valence-electron chi connectivity index (χ3n) is 5.33. The fourth-order valence-corrected chi connectivity index (χ4v) is 4.00. The summed E-state index contributed by atoms with van der Waals surface area (Å²) in [5, 5.41) is 3.02. The number of rotatable bonds is 3. The van der Waals surface area contributed by atoms with Gasteiger partial charge in [0.25, 0.3) is 0 Å². The van der Waals surface area contributed by atoms with E-state index < -0.39 is 0 Å². The largest absolute Gasteiger partial charge is 0.467 e. The molecule has 3 heterocycles. The Morgan fingerprint density at radius 3 is 2.62 bits per heavy atom. The van der Waals surface area contributed by atoms with Crippen molar-refractivity contribution in [2.75, 3.05) is 0 Å². The van der Waals surface area contributed by atoms with E-state index in [-0.39, 0.29) is 12.1 Å². The minimum Gasteiger partial charge on any atom is -0.467 e. The maximum atomic E-state index is 13.3. The summed E-state index contributed by atoms with van der Waals surface area (Å²) in [7, 11) is 0. The highest BCUT2D eigenvalue weighted by molar-refractivity contribution is 5.76. The van der Waals surface area contributed by atoms with Crippen LogP contribution in [-0.2, 0) is 13.1 Å². The van der Waals surface area contributed by atoms with Crippen LogP contribution in [0.5, 0.6) is 0 Å². The van der Waals surface area contributed by atoms with E-state index in [0.29, 0.717) is 13.1 Å². The van der Waals surface area contributed by atoms with Gasteiger partial charge in [0, 0.05) is 11.9 Å². The van der Waals surface area contributed by atoms with Gasteiger partial charge in [0.2, 0.25) is 0 Å². The monoisotopic (exact) mass is 383 g/mol. The van der Waals surface area contributed by atoms with Crippen molar-refractivity contribution in [1.29, 1.82) is 0 Å². The topological polar surface area (TPSA) is 50.4 Å². The number of aromatic nitrogens is 1. The molecule has 0 fully saturated rings. The fraction of sp³-hybridized carbons (Fsp3) is 0.125. The maximum Gasteiger partial charge on any atom is 0.318 e. The Labute approximate surface area is 169 Å². The molecule has 1 atom stereocenters. The normalized spacial score (nSPS) is 15.3. The highest BCUT2D eigenvalue weighted by Crippen LogP contribution is 2.36. The molecule has 2 aromatic heterocycles. The first-order valence-corrected chi connectivity index (χ1v) is 9.68. The van der Waals surface area contributed by atoms with Gasteiger partial charge in [-0.3, -0.25) is 0 Å². The van der Waals surface area contributed by atoms with Crippen LogP contribution in [0.15, 0.2) is 95.7 Å². The van der Waals surface area contributed by atoms with E-state index in [4.69, 9.17) is 4.42 Å².